The molecule has 20 heavy (non-hydrogen) atoms. The first kappa shape index (κ1) is 13.6. The third kappa shape index (κ3) is 3.19. The average Bonchev–Trinajstić information content (AvgIpc) is 2.94. The van der Waals surface area contributed by atoms with E-state index in [0.717, 1.165) is 19.1 Å². The van der Waals surface area contributed by atoms with Crippen LogP contribution in [-0.4, -0.2) is 41.3 Å². The average molecular weight is 273 g/mol. The maximum atomic E-state index is 5.18. The first-order valence-electron chi connectivity index (χ1n) is 7.49. The number of hydrogen-bond donors (Lipinski definition) is 0. The van der Waals surface area contributed by atoms with Gasteiger partial charge in [0, 0.05) is 32.7 Å². The predicted octanol–water partition coefficient (Wildman–Crippen LogP) is 2.58. The van der Waals surface area contributed by atoms with Gasteiger partial charge in [-0.2, -0.15) is 5.10 Å². The number of hydrogen-bond acceptors (Lipinski definition) is 3. The number of rotatable bonds is 5. The summed E-state index contributed by atoms with van der Waals surface area (Å²) in [5, 5.41) is 4.24. The number of aromatic nitrogens is 2. The van der Waals surface area contributed by atoms with E-state index in [4.69, 9.17) is 4.74 Å². The highest BCUT2D eigenvalue weighted by Gasteiger charge is 2.18. The third-order valence-corrected chi connectivity index (χ3v) is 4.31. The van der Waals surface area contributed by atoms with E-state index in [0.29, 0.717) is 0 Å². The molecule has 108 valence electrons. The van der Waals surface area contributed by atoms with Gasteiger partial charge >= 0.3 is 0 Å². The van der Waals surface area contributed by atoms with Gasteiger partial charge in [-0.1, -0.05) is 0 Å². The summed E-state index contributed by atoms with van der Waals surface area (Å²) < 4.78 is 7.10. The molecule has 4 heteroatoms. The molecule has 1 aliphatic rings. The maximum Gasteiger partial charge on any atom is 0.0664 e. The number of likely N-dealkylation sites (tertiary alicyclic amines) is 1. The zero-order valence-electron chi connectivity index (χ0n) is 12.2. The topological polar surface area (TPSA) is 29.8 Å². The second kappa shape index (κ2) is 6.37. The van der Waals surface area contributed by atoms with Crippen LogP contribution in [0.1, 0.15) is 24.8 Å². The van der Waals surface area contributed by atoms with Gasteiger partial charge in [-0.25, -0.2) is 4.52 Å². The summed E-state index contributed by atoms with van der Waals surface area (Å²) in [4.78, 5) is 2.56. The van der Waals surface area contributed by atoms with E-state index in [9.17, 15) is 0 Å². The van der Waals surface area contributed by atoms with Gasteiger partial charge in [0.2, 0.25) is 0 Å². The highest BCUT2D eigenvalue weighted by atomic mass is 16.5. The minimum absolute atomic E-state index is 0.850. The number of nitrogens with zero attached hydrogens (tertiary/aromatic N) is 3. The molecule has 0 N–H and O–H groups in total. The SMILES string of the molecule is COCCC1CCN(Cc2ccn3nccc3c2)CC1. The van der Waals surface area contributed by atoms with Crippen molar-refractivity contribution in [3.8, 4) is 0 Å². The van der Waals surface area contributed by atoms with E-state index in [-0.39, 0.29) is 0 Å². The lowest BCUT2D eigenvalue weighted by atomic mass is 9.94. The van der Waals surface area contributed by atoms with E-state index < -0.39 is 0 Å². The molecule has 3 heterocycles. The molecule has 1 saturated heterocycles. The lowest BCUT2D eigenvalue weighted by Gasteiger charge is -2.31. The summed E-state index contributed by atoms with van der Waals surface area (Å²) in [5.74, 6) is 0.850. The minimum Gasteiger partial charge on any atom is -0.385 e. The first-order valence-corrected chi connectivity index (χ1v) is 7.49. The monoisotopic (exact) mass is 273 g/mol. The Morgan fingerprint density at radius 1 is 1.30 bits per heavy atom. The van der Waals surface area contributed by atoms with Crippen molar-refractivity contribution in [3.63, 3.8) is 0 Å². The van der Waals surface area contributed by atoms with Gasteiger partial charge in [-0.15, -0.1) is 0 Å². The molecule has 0 spiro atoms. The van der Waals surface area contributed by atoms with E-state index in [1.54, 1.807) is 7.11 Å². The van der Waals surface area contributed by atoms with Crippen molar-refractivity contribution in [2.75, 3.05) is 26.8 Å². The van der Waals surface area contributed by atoms with E-state index in [1.807, 2.05) is 10.7 Å². The lowest BCUT2D eigenvalue weighted by molar-refractivity contribution is 0.132. The molecular formula is C16H23N3O. The molecule has 4 nitrogen and oxygen atoms in total. The van der Waals surface area contributed by atoms with Gasteiger partial charge in [0.05, 0.1) is 5.52 Å². The normalized spacial score (nSPS) is 17.9. The molecule has 0 unspecified atom stereocenters. The Bertz CT molecular complexity index is 543. The molecule has 1 aliphatic heterocycles. The van der Waals surface area contributed by atoms with E-state index >= 15 is 0 Å². The fraction of sp³-hybridized carbons (Fsp3) is 0.562. The fourth-order valence-electron chi connectivity index (χ4n) is 3.04. The van der Waals surface area contributed by atoms with Crippen LogP contribution in [-0.2, 0) is 11.3 Å². The Morgan fingerprint density at radius 2 is 2.15 bits per heavy atom. The highest BCUT2D eigenvalue weighted by molar-refractivity contribution is 5.47. The summed E-state index contributed by atoms with van der Waals surface area (Å²) in [5.41, 5.74) is 2.56. The van der Waals surface area contributed by atoms with Crippen molar-refractivity contribution in [3.05, 3.63) is 36.2 Å². The summed E-state index contributed by atoms with van der Waals surface area (Å²) >= 11 is 0. The predicted molar refractivity (Wildman–Crippen MR) is 79.7 cm³/mol. The van der Waals surface area contributed by atoms with Gasteiger partial charge in [0.15, 0.2) is 0 Å². The van der Waals surface area contributed by atoms with Gasteiger partial charge in [0.1, 0.15) is 0 Å². The Balaban J connectivity index is 1.53. The van der Waals surface area contributed by atoms with Crippen LogP contribution >= 0.6 is 0 Å². The molecule has 3 rings (SSSR count). The molecule has 0 amide bonds. The number of pyridine rings is 1. The van der Waals surface area contributed by atoms with Gasteiger partial charge in [0.25, 0.3) is 0 Å². The number of methoxy groups -OCH3 is 1. The van der Waals surface area contributed by atoms with Crippen LogP contribution in [0, 0.1) is 5.92 Å². The van der Waals surface area contributed by atoms with Crippen molar-refractivity contribution >= 4 is 5.52 Å². The quantitative estimate of drug-likeness (QED) is 0.838. The smallest absolute Gasteiger partial charge is 0.0664 e. The van der Waals surface area contributed by atoms with Crippen LogP contribution in [0.25, 0.3) is 5.52 Å². The summed E-state index contributed by atoms with van der Waals surface area (Å²) in [6.45, 7) is 4.37. The molecule has 0 atom stereocenters. The van der Waals surface area contributed by atoms with Crippen molar-refractivity contribution in [1.29, 1.82) is 0 Å². The molecule has 0 aromatic carbocycles. The number of fused-ring (bicyclic) bond motifs is 1. The molecule has 0 bridgehead atoms. The molecule has 0 aliphatic carbocycles. The van der Waals surface area contributed by atoms with Crippen molar-refractivity contribution in [2.45, 2.75) is 25.8 Å². The minimum atomic E-state index is 0.850. The maximum absolute atomic E-state index is 5.18. The Kier molecular flexibility index (Phi) is 4.33. The molecule has 0 saturated carbocycles. The van der Waals surface area contributed by atoms with Crippen molar-refractivity contribution < 1.29 is 4.74 Å². The van der Waals surface area contributed by atoms with Crippen LogP contribution in [0.4, 0.5) is 0 Å². The van der Waals surface area contributed by atoms with Gasteiger partial charge in [-0.3, -0.25) is 4.90 Å². The van der Waals surface area contributed by atoms with Gasteiger partial charge in [-0.05, 0) is 62.0 Å². The zero-order valence-corrected chi connectivity index (χ0v) is 12.2. The van der Waals surface area contributed by atoms with Crippen LogP contribution in [0.2, 0.25) is 0 Å². The second-order valence-corrected chi connectivity index (χ2v) is 5.74. The highest BCUT2D eigenvalue weighted by Crippen LogP contribution is 2.22. The number of piperidine rings is 1. The standard InChI is InChI=1S/C16H23N3O/c1-20-11-6-14-3-8-18(9-4-14)13-15-5-10-19-16(12-15)2-7-17-19/h2,5,7,10,12,14H,3-4,6,8-9,11,13H2,1H3. The Morgan fingerprint density at radius 3 is 2.95 bits per heavy atom. The summed E-state index contributed by atoms with van der Waals surface area (Å²) in [7, 11) is 1.79. The molecular weight excluding hydrogens is 250 g/mol. The fourth-order valence-corrected chi connectivity index (χ4v) is 3.04. The van der Waals surface area contributed by atoms with Crippen LogP contribution < -0.4 is 0 Å². The molecule has 2 aromatic heterocycles. The third-order valence-electron chi connectivity index (χ3n) is 4.31. The van der Waals surface area contributed by atoms with E-state index in [2.05, 4.69) is 34.4 Å². The van der Waals surface area contributed by atoms with Crippen molar-refractivity contribution in [1.82, 2.24) is 14.5 Å². The Hall–Kier alpha value is -1.39. The largest absolute Gasteiger partial charge is 0.385 e. The van der Waals surface area contributed by atoms with Crippen molar-refractivity contribution in [2.24, 2.45) is 5.92 Å². The van der Waals surface area contributed by atoms with Crippen LogP contribution in [0.3, 0.4) is 0 Å². The van der Waals surface area contributed by atoms with E-state index in [1.165, 1.54) is 43.4 Å². The summed E-state index contributed by atoms with van der Waals surface area (Å²) in [6.07, 6.45) is 7.72. The molecule has 1 fully saturated rings. The lowest BCUT2D eigenvalue weighted by Crippen LogP contribution is -2.33. The summed E-state index contributed by atoms with van der Waals surface area (Å²) in [6, 6.07) is 6.47. The number of ether oxygens (including phenoxy) is 1. The van der Waals surface area contributed by atoms with Crippen LogP contribution in [0.15, 0.2) is 30.6 Å². The van der Waals surface area contributed by atoms with Gasteiger partial charge < -0.3 is 4.74 Å². The second-order valence-electron chi connectivity index (χ2n) is 5.74. The molecule has 2 aromatic rings. The van der Waals surface area contributed by atoms with Crippen LogP contribution in [0.5, 0.6) is 0 Å². The zero-order chi connectivity index (χ0) is 13.8. The molecule has 0 radical (unpaired) electrons. The first-order chi connectivity index (χ1) is 9.85. The Labute approximate surface area is 120 Å².